The lowest BCUT2D eigenvalue weighted by Crippen LogP contribution is -2.20. The molecule has 0 bridgehead atoms. The van der Waals surface area contributed by atoms with Crippen molar-refractivity contribution in [3.63, 3.8) is 0 Å². The van der Waals surface area contributed by atoms with E-state index in [0.29, 0.717) is 5.56 Å². The smallest absolute Gasteiger partial charge is 0.103 e. The third-order valence-corrected chi connectivity index (χ3v) is 6.38. The molecule has 0 radical (unpaired) electrons. The quantitative estimate of drug-likeness (QED) is 0.243. The second kappa shape index (κ2) is 11.7. The third kappa shape index (κ3) is 6.01. The molecular formula is C30H34N6. The standard InChI is InChI=1S/C30H34N6/c1-21-26-13-15-33-29(26)12-11-28(21)35-30-25(18-31)20-34-22(2)27(30)10-9-23-7-5-8-24(17-23)19-32-14-6-16-36(3)4/h5,7-13,15,17,20,32-33H,6,14,16,19H2,1-4H3,(H,34,35)/b10-9+. The van der Waals surface area contributed by atoms with Crippen LogP contribution < -0.4 is 10.6 Å². The number of aryl methyl sites for hydroxylation is 2. The van der Waals surface area contributed by atoms with Gasteiger partial charge in [0, 0.05) is 46.8 Å². The lowest BCUT2D eigenvalue weighted by Gasteiger charge is -2.16. The fourth-order valence-electron chi connectivity index (χ4n) is 4.34. The molecule has 36 heavy (non-hydrogen) atoms. The molecule has 0 aliphatic heterocycles. The minimum absolute atomic E-state index is 0.518. The highest BCUT2D eigenvalue weighted by Gasteiger charge is 2.13. The monoisotopic (exact) mass is 478 g/mol. The Bertz CT molecular complexity index is 1410. The number of hydrogen-bond acceptors (Lipinski definition) is 5. The number of anilines is 2. The average molecular weight is 479 g/mol. The van der Waals surface area contributed by atoms with Crippen LogP contribution in [0.2, 0.25) is 0 Å². The van der Waals surface area contributed by atoms with Gasteiger partial charge in [0.05, 0.1) is 11.3 Å². The van der Waals surface area contributed by atoms with Crippen molar-refractivity contribution in [1.82, 2.24) is 20.2 Å². The van der Waals surface area contributed by atoms with Gasteiger partial charge in [0.1, 0.15) is 6.07 Å². The number of nitrogens with one attached hydrogen (secondary N) is 3. The van der Waals surface area contributed by atoms with Gasteiger partial charge < -0.3 is 20.5 Å². The van der Waals surface area contributed by atoms with Crippen molar-refractivity contribution in [3.8, 4) is 6.07 Å². The summed E-state index contributed by atoms with van der Waals surface area (Å²) in [6, 6.07) is 17.0. The molecule has 4 rings (SSSR count). The van der Waals surface area contributed by atoms with Gasteiger partial charge in [-0.05, 0) is 82.3 Å². The Morgan fingerprint density at radius 1 is 1.11 bits per heavy atom. The molecular weight excluding hydrogens is 444 g/mol. The number of nitriles is 1. The van der Waals surface area contributed by atoms with Gasteiger partial charge in [0.25, 0.3) is 0 Å². The van der Waals surface area contributed by atoms with E-state index < -0.39 is 0 Å². The molecule has 0 fully saturated rings. The van der Waals surface area contributed by atoms with Crippen molar-refractivity contribution >= 4 is 34.4 Å². The first-order valence-electron chi connectivity index (χ1n) is 12.3. The summed E-state index contributed by atoms with van der Waals surface area (Å²) in [6.45, 7) is 6.98. The largest absolute Gasteiger partial charge is 0.361 e. The highest BCUT2D eigenvalue weighted by Crippen LogP contribution is 2.32. The van der Waals surface area contributed by atoms with Gasteiger partial charge in [-0.3, -0.25) is 4.98 Å². The number of aromatic nitrogens is 2. The SMILES string of the molecule is Cc1ncc(C#N)c(Nc2ccc3[nH]ccc3c2C)c1/C=C/c1cccc(CNCCCN(C)C)c1. The minimum Gasteiger partial charge on any atom is -0.361 e. The van der Waals surface area contributed by atoms with E-state index >= 15 is 0 Å². The average Bonchev–Trinajstić information content (AvgIpc) is 3.35. The van der Waals surface area contributed by atoms with Gasteiger partial charge >= 0.3 is 0 Å². The molecule has 2 aromatic carbocycles. The summed E-state index contributed by atoms with van der Waals surface area (Å²) in [5, 5.41) is 18.0. The van der Waals surface area contributed by atoms with Crippen LogP contribution in [0.1, 0.15) is 39.9 Å². The molecule has 4 aromatic rings. The van der Waals surface area contributed by atoms with Crippen molar-refractivity contribution in [2.24, 2.45) is 0 Å². The van der Waals surface area contributed by atoms with Crippen molar-refractivity contribution < 1.29 is 0 Å². The number of hydrogen-bond donors (Lipinski definition) is 3. The first-order valence-corrected chi connectivity index (χ1v) is 12.3. The maximum Gasteiger partial charge on any atom is 0.103 e. The van der Waals surface area contributed by atoms with Crippen LogP contribution in [0.4, 0.5) is 11.4 Å². The van der Waals surface area contributed by atoms with Gasteiger partial charge in [-0.1, -0.05) is 36.4 Å². The van der Waals surface area contributed by atoms with E-state index in [2.05, 4.69) is 101 Å². The second-order valence-corrected chi connectivity index (χ2v) is 9.37. The first kappa shape index (κ1) is 25.2. The Morgan fingerprint density at radius 3 is 2.78 bits per heavy atom. The number of benzene rings is 2. The molecule has 0 unspecified atom stereocenters. The van der Waals surface area contributed by atoms with Crippen LogP contribution in [-0.4, -0.2) is 42.1 Å². The number of pyridine rings is 1. The Labute approximate surface area is 213 Å². The summed E-state index contributed by atoms with van der Waals surface area (Å²) < 4.78 is 0. The zero-order valence-electron chi connectivity index (χ0n) is 21.5. The Balaban J connectivity index is 1.57. The van der Waals surface area contributed by atoms with Crippen LogP contribution in [0.5, 0.6) is 0 Å². The van der Waals surface area contributed by atoms with Crippen LogP contribution in [0.3, 0.4) is 0 Å². The fourth-order valence-corrected chi connectivity index (χ4v) is 4.34. The zero-order chi connectivity index (χ0) is 25.5. The van der Waals surface area contributed by atoms with Crippen molar-refractivity contribution in [3.05, 3.63) is 88.4 Å². The van der Waals surface area contributed by atoms with Crippen LogP contribution in [0.25, 0.3) is 23.1 Å². The number of fused-ring (bicyclic) bond motifs is 1. The minimum atomic E-state index is 0.518. The van der Waals surface area contributed by atoms with Gasteiger partial charge in [0.2, 0.25) is 0 Å². The molecule has 3 N–H and O–H groups in total. The van der Waals surface area contributed by atoms with Crippen LogP contribution in [0, 0.1) is 25.2 Å². The number of aromatic amines is 1. The molecule has 0 atom stereocenters. The van der Waals surface area contributed by atoms with Crippen LogP contribution in [-0.2, 0) is 6.54 Å². The van der Waals surface area contributed by atoms with Crippen molar-refractivity contribution in [2.75, 3.05) is 32.5 Å². The molecule has 6 nitrogen and oxygen atoms in total. The molecule has 2 heterocycles. The molecule has 0 spiro atoms. The van der Waals surface area contributed by atoms with Crippen molar-refractivity contribution in [1.29, 1.82) is 5.26 Å². The van der Waals surface area contributed by atoms with E-state index in [1.54, 1.807) is 6.20 Å². The molecule has 0 saturated carbocycles. The molecule has 2 aromatic heterocycles. The Hall–Kier alpha value is -3.92. The normalized spacial score (nSPS) is 11.4. The maximum absolute atomic E-state index is 9.82. The van der Waals surface area contributed by atoms with E-state index in [0.717, 1.165) is 70.7 Å². The van der Waals surface area contributed by atoms with Crippen LogP contribution in [0.15, 0.2) is 54.9 Å². The van der Waals surface area contributed by atoms with E-state index in [-0.39, 0.29) is 0 Å². The summed E-state index contributed by atoms with van der Waals surface area (Å²) in [4.78, 5) is 9.94. The van der Waals surface area contributed by atoms with Crippen molar-refractivity contribution in [2.45, 2.75) is 26.8 Å². The van der Waals surface area contributed by atoms with Gasteiger partial charge in [0.15, 0.2) is 0 Å². The summed E-state index contributed by atoms with van der Waals surface area (Å²) in [7, 11) is 4.20. The third-order valence-electron chi connectivity index (χ3n) is 6.38. The first-order chi connectivity index (χ1) is 17.5. The zero-order valence-corrected chi connectivity index (χ0v) is 21.5. The van der Waals surface area contributed by atoms with E-state index in [1.165, 1.54) is 5.56 Å². The summed E-state index contributed by atoms with van der Waals surface area (Å²) in [6.07, 6.45) is 8.86. The van der Waals surface area contributed by atoms with Gasteiger partial charge in [-0.25, -0.2) is 0 Å². The Morgan fingerprint density at radius 2 is 1.97 bits per heavy atom. The lowest BCUT2D eigenvalue weighted by atomic mass is 10.0. The van der Waals surface area contributed by atoms with E-state index in [9.17, 15) is 5.26 Å². The summed E-state index contributed by atoms with van der Waals surface area (Å²) in [5.41, 5.74) is 8.63. The second-order valence-electron chi connectivity index (χ2n) is 9.37. The molecule has 0 saturated heterocycles. The topological polar surface area (TPSA) is 79.8 Å². The fraction of sp³-hybridized carbons (Fsp3) is 0.267. The molecule has 184 valence electrons. The highest BCUT2D eigenvalue weighted by molar-refractivity contribution is 5.90. The Kier molecular flexibility index (Phi) is 8.17. The molecule has 0 amide bonds. The number of nitrogens with zero attached hydrogens (tertiary/aromatic N) is 3. The molecule has 0 aliphatic rings. The summed E-state index contributed by atoms with van der Waals surface area (Å²) >= 11 is 0. The van der Waals surface area contributed by atoms with E-state index in [1.807, 2.05) is 19.2 Å². The van der Waals surface area contributed by atoms with Gasteiger partial charge in [-0.15, -0.1) is 0 Å². The molecule has 0 aliphatic carbocycles. The van der Waals surface area contributed by atoms with E-state index in [4.69, 9.17) is 0 Å². The predicted octanol–water partition coefficient (Wildman–Crippen LogP) is 6.01. The van der Waals surface area contributed by atoms with Crippen LogP contribution >= 0.6 is 0 Å². The highest BCUT2D eigenvalue weighted by atomic mass is 15.1. The lowest BCUT2D eigenvalue weighted by molar-refractivity contribution is 0.394. The molecule has 6 heteroatoms. The summed E-state index contributed by atoms with van der Waals surface area (Å²) in [5.74, 6) is 0. The number of rotatable bonds is 10. The number of H-pyrrole nitrogens is 1. The predicted molar refractivity (Wildman–Crippen MR) is 150 cm³/mol. The maximum atomic E-state index is 9.82. The van der Waals surface area contributed by atoms with Gasteiger partial charge in [-0.2, -0.15) is 5.26 Å².